The molecule has 3 nitrogen and oxygen atoms in total. The topological polar surface area (TPSA) is 46.3 Å². The molecule has 2 N–H and O–H groups in total. The molecule has 5 heteroatoms. The minimum Gasteiger partial charge on any atom is -0.326 e. The van der Waals surface area contributed by atoms with Crippen LogP contribution in [-0.2, 0) is 17.5 Å². The van der Waals surface area contributed by atoms with Gasteiger partial charge in [0.1, 0.15) is 11.0 Å². The first-order valence-electron chi connectivity index (χ1n) is 5.38. The van der Waals surface area contributed by atoms with E-state index in [1.807, 2.05) is 15.8 Å². The molecule has 0 aromatic carbocycles. The Morgan fingerprint density at radius 1 is 1.62 bits per heavy atom. The molecule has 1 unspecified atom stereocenters. The highest BCUT2D eigenvalue weighted by molar-refractivity contribution is 7.83. The maximum absolute atomic E-state index is 12.1. The van der Waals surface area contributed by atoms with E-state index in [2.05, 4.69) is 20.8 Å². The molecule has 1 aliphatic rings. The monoisotopic (exact) mass is 258 g/mol. The van der Waals surface area contributed by atoms with Crippen LogP contribution in [0.5, 0.6) is 0 Å². The minimum atomic E-state index is -0.996. The average molecular weight is 258 g/mol. The van der Waals surface area contributed by atoms with Gasteiger partial charge in [-0.05, 0) is 16.9 Å². The molecule has 1 aromatic heterocycles. The summed E-state index contributed by atoms with van der Waals surface area (Å²) in [4.78, 5) is 2.20. The Kier molecular flexibility index (Phi) is 3.22. The predicted octanol–water partition coefficient (Wildman–Crippen LogP) is 1.96. The van der Waals surface area contributed by atoms with Crippen molar-refractivity contribution in [1.29, 1.82) is 0 Å². The van der Waals surface area contributed by atoms with Crippen LogP contribution in [0.3, 0.4) is 0 Å². The molecule has 1 aliphatic heterocycles. The van der Waals surface area contributed by atoms with E-state index in [1.54, 1.807) is 11.3 Å². The first kappa shape index (κ1) is 12.2. The summed E-state index contributed by atoms with van der Waals surface area (Å²) in [5.41, 5.74) is 6.18. The zero-order valence-electron chi connectivity index (χ0n) is 9.90. The number of nitrogens with two attached hydrogens (primary N) is 1. The Balaban J connectivity index is 2.05. The van der Waals surface area contributed by atoms with Crippen LogP contribution in [0.25, 0.3) is 0 Å². The first-order chi connectivity index (χ1) is 7.39. The molecule has 0 radical (unpaired) electrons. The molecule has 0 saturated heterocycles. The molecule has 0 spiro atoms. The SMILES string of the molecule is CC(C)(C)[C@H](N)CN1Cc2sccc2S1=O. The summed E-state index contributed by atoms with van der Waals surface area (Å²) in [5.74, 6) is 0. The van der Waals surface area contributed by atoms with Crippen LogP contribution in [0.15, 0.2) is 16.3 Å². The molecule has 0 fully saturated rings. The van der Waals surface area contributed by atoms with Crippen LogP contribution in [-0.4, -0.2) is 21.1 Å². The van der Waals surface area contributed by atoms with Crippen molar-refractivity contribution < 1.29 is 4.21 Å². The third-order valence-electron chi connectivity index (χ3n) is 2.96. The number of thiophene rings is 1. The summed E-state index contributed by atoms with van der Waals surface area (Å²) in [7, 11) is -0.996. The molecule has 2 heterocycles. The van der Waals surface area contributed by atoms with Crippen LogP contribution in [0.4, 0.5) is 0 Å². The summed E-state index contributed by atoms with van der Waals surface area (Å²) in [6.07, 6.45) is 0. The van der Waals surface area contributed by atoms with Gasteiger partial charge in [0.2, 0.25) is 0 Å². The lowest BCUT2D eigenvalue weighted by molar-refractivity contribution is 0.270. The first-order valence-corrected chi connectivity index (χ1v) is 7.37. The van der Waals surface area contributed by atoms with Crippen molar-refractivity contribution in [2.75, 3.05) is 6.54 Å². The molecule has 0 bridgehead atoms. The van der Waals surface area contributed by atoms with Crippen LogP contribution in [0.2, 0.25) is 0 Å². The summed E-state index contributed by atoms with van der Waals surface area (Å²) in [5, 5.41) is 2.00. The fourth-order valence-corrected chi connectivity index (χ4v) is 4.16. The van der Waals surface area contributed by atoms with Crippen LogP contribution < -0.4 is 5.73 Å². The fraction of sp³-hybridized carbons (Fsp3) is 0.636. The maximum atomic E-state index is 12.1. The Hall–Kier alpha value is -0.230. The molecule has 0 saturated carbocycles. The molecular weight excluding hydrogens is 240 g/mol. The van der Waals surface area contributed by atoms with Gasteiger partial charge in [-0.2, -0.15) is 0 Å². The molecule has 2 rings (SSSR count). The summed E-state index contributed by atoms with van der Waals surface area (Å²) in [6, 6.07) is 2.00. The molecule has 2 atom stereocenters. The van der Waals surface area contributed by atoms with Gasteiger partial charge in [0, 0.05) is 24.0 Å². The van der Waals surface area contributed by atoms with Crippen LogP contribution in [0, 0.1) is 5.41 Å². The molecule has 0 amide bonds. The lowest BCUT2D eigenvalue weighted by Crippen LogP contribution is -2.44. The number of fused-ring (bicyclic) bond motifs is 1. The average Bonchev–Trinajstić information content (AvgIpc) is 2.70. The van der Waals surface area contributed by atoms with Gasteiger partial charge in [-0.25, -0.2) is 8.51 Å². The molecule has 1 aromatic rings. The number of hydrogen-bond acceptors (Lipinski definition) is 3. The largest absolute Gasteiger partial charge is 0.326 e. The van der Waals surface area contributed by atoms with Gasteiger partial charge < -0.3 is 5.73 Å². The fourth-order valence-electron chi connectivity index (χ4n) is 1.58. The van der Waals surface area contributed by atoms with E-state index in [0.29, 0.717) is 6.54 Å². The molecule has 90 valence electrons. The van der Waals surface area contributed by atoms with Crippen LogP contribution >= 0.6 is 11.3 Å². The number of nitrogens with zero attached hydrogens (tertiary/aromatic N) is 1. The second kappa shape index (κ2) is 4.22. The van der Waals surface area contributed by atoms with Gasteiger partial charge >= 0.3 is 0 Å². The summed E-state index contributed by atoms with van der Waals surface area (Å²) >= 11 is 1.68. The van der Waals surface area contributed by atoms with E-state index in [4.69, 9.17) is 5.73 Å². The van der Waals surface area contributed by atoms with Crippen molar-refractivity contribution >= 4 is 22.3 Å². The van der Waals surface area contributed by atoms with Gasteiger partial charge in [0.25, 0.3) is 0 Å². The standard InChI is InChI=1S/C11H18N2OS2/c1-11(2,3)10(12)7-13-6-8-9(16(13)14)4-5-15-8/h4-5,10H,6-7,12H2,1-3H3/t10-,16?/m1/s1. The van der Waals surface area contributed by atoms with Crippen molar-refractivity contribution in [3.8, 4) is 0 Å². The molecule has 0 aliphatic carbocycles. The van der Waals surface area contributed by atoms with Crippen molar-refractivity contribution in [1.82, 2.24) is 4.31 Å². The zero-order chi connectivity index (χ0) is 11.9. The molecular formula is C11H18N2OS2. The third kappa shape index (κ3) is 2.22. The molecule has 16 heavy (non-hydrogen) atoms. The van der Waals surface area contributed by atoms with E-state index in [9.17, 15) is 4.21 Å². The van der Waals surface area contributed by atoms with Crippen molar-refractivity contribution in [3.63, 3.8) is 0 Å². The third-order valence-corrected chi connectivity index (χ3v) is 5.50. The van der Waals surface area contributed by atoms with Gasteiger partial charge in [-0.1, -0.05) is 20.8 Å². The van der Waals surface area contributed by atoms with E-state index in [1.165, 1.54) is 4.88 Å². The highest BCUT2D eigenvalue weighted by atomic mass is 32.2. The summed E-state index contributed by atoms with van der Waals surface area (Å²) < 4.78 is 14.1. The van der Waals surface area contributed by atoms with Crippen molar-refractivity contribution in [2.45, 2.75) is 38.3 Å². The Morgan fingerprint density at radius 3 is 2.88 bits per heavy atom. The van der Waals surface area contributed by atoms with Gasteiger partial charge in [0.15, 0.2) is 0 Å². The summed E-state index contributed by atoms with van der Waals surface area (Å²) in [6.45, 7) is 7.83. The van der Waals surface area contributed by atoms with Gasteiger partial charge in [-0.3, -0.25) is 0 Å². The maximum Gasteiger partial charge on any atom is 0.129 e. The smallest absolute Gasteiger partial charge is 0.129 e. The van der Waals surface area contributed by atoms with Gasteiger partial charge in [0.05, 0.1) is 4.90 Å². The highest BCUT2D eigenvalue weighted by Gasteiger charge is 2.32. The number of hydrogen-bond donors (Lipinski definition) is 1. The zero-order valence-corrected chi connectivity index (χ0v) is 11.5. The van der Waals surface area contributed by atoms with Crippen molar-refractivity contribution in [3.05, 3.63) is 16.3 Å². The Morgan fingerprint density at radius 2 is 2.31 bits per heavy atom. The Labute approximate surface area is 103 Å². The second-order valence-electron chi connectivity index (χ2n) is 5.25. The minimum absolute atomic E-state index is 0.0467. The Bertz CT molecular complexity index is 408. The van der Waals surface area contributed by atoms with Crippen LogP contribution in [0.1, 0.15) is 25.6 Å². The number of rotatable bonds is 2. The highest BCUT2D eigenvalue weighted by Crippen LogP contribution is 2.32. The second-order valence-corrected chi connectivity index (χ2v) is 7.71. The lowest BCUT2D eigenvalue weighted by Gasteiger charge is -2.29. The van der Waals surface area contributed by atoms with E-state index >= 15 is 0 Å². The van der Waals surface area contributed by atoms with Gasteiger partial charge in [-0.15, -0.1) is 11.3 Å². The van der Waals surface area contributed by atoms with Crippen molar-refractivity contribution in [2.24, 2.45) is 11.1 Å². The van der Waals surface area contributed by atoms with E-state index in [0.717, 1.165) is 11.4 Å². The van der Waals surface area contributed by atoms with E-state index in [-0.39, 0.29) is 11.5 Å². The van der Waals surface area contributed by atoms with E-state index < -0.39 is 11.0 Å². The normalized spacial score (nSPS) is 23.4. The lowest BCUT2D eigenvalue weighted by atomic mass is 9.87. The quantitative estimate of drug-likeness (QED) is 0.881. The predicted molar refractivity (Wildman–Crippen MR) is 68.6 cm³/mol.